The zero-order chi connectivity index (χ0) is 12.4. The number of nitrogens with zero attached hydrogens (tertiary/aromatic N) is 1. The van der Waals surface area contributed by atoms with Gasteiger partial charge in [0.15, 0.2) is 0 Å². The van der Waals surface area contributed by atoms with Crippen molar-refractivity contribution in [1.82, 2.24) is 10.2 Å². The second-order valence-corrected chi connectivity index (χ2v) is 3.92. The summed E-state index contributed by atoms with van der Waals surface area (Å²) in [6.45, 7) is 3.71. The Morgan fingerprint density at radius 2 is 2.12 bits per heavy atom. The highest BCUT2D eigenvalue weighted by Gasteiger charge is 2.14. The second-order valence-electron chi connectivity index (χ2n) is 3.92. The molecular formula is C12H14N4O. The first-order chi connectivity index (χ1) is 8.09. The van der Waals surface area contributed by atoms with E-state index in [-0.39, 0.29) is 5.91 Å². The molecule has 0 radical (unpaired) electrons. The molecule has 0 saturated carbocycles. The standard InChI is InChI=1S/C12H14N4O/c1-7-4-3-5-9(13)10(7)12(17)15-11-8(2)6-14-16-11/h3-6H,13H2,1-2H3,(H2,14,15,16,17). The van der Waals surface area contributed by atoms with Gasteiger partial charge in [-0.25, -0.2) is 0 Å². The fourth-order valence-corrected chi connectivity index (χ4v) is 1.65. The van der Waals surface area contributed by atoms with Gasteiger partial charge in [-0.1, -0.05) is 12.1 Å². The highest BCUT2D eigenvalue weighted by atomic mass is 16.1. The molecule has 0 spiro atoms. The van der Waals surface area contributed by atoms with E-state index >= 15 is 0 Å². The summed E-state index contributed by atoms with van der Waals surface area (Å²) in [7, 11) is 0. The van der Waals surface area contributed by atoms with E-state index in [1.54, 1.807) is 12.3 Å². The lowest BCUT2D eigenvalue weighted by Gasteiger charge is -2.09. The molecule has 0 aliphatic rings. The van der Waals surface area contributed by atoms with Gasteiger partial charge in [0.2, 0.25) is 0 Å². The Morgan fingerprint density at radius 1 is 1.35 bits per heavy atom. The number of carbonyl (C=O) groups excluding carboxylic acids is 1. The number of aryl methyl sites for hydroxylation is 2. The summed E-state index contributed by atoms with van der Waals surface area (Å²) >= 11 is 0. The molecule has 0 fully saturated rings. The maximum absolute atomic E-state index is 12.1. The van der Waals surface area contributed by atoms with E-state index in [0.717, 1.165) is 11.1 Å². The molecule has 5 heteroatoms. The molecule has 0 unspecified atom stereocenters. The summed E-state index contributed by atoms with van der Waals surface area (Å²) in [4.78, 5) is 12.1. The van der Waals surface area contributed by atoms with Crippen LogP contribution in [-0.2, 0) is 0 Å². The molecule has 1 amide bonds. The van der Waals surface area contributed by atoms with Crippen molar-refractivity contribution >= 4 is 17.4 Å². The lowest BCUT2D eigenvalue weighted by atomic mass is 10.1. The highest BCUT2D eigenvalue weighted by Crippen LogP contribution is 2.18. The van der Waals surface area contributed by atoms with Crippen LogP contribution >= 0.6 is 0 Å². The van der Waals surface area contributed by atoms with Crippen molar-refractivity contribution in [3.05, 3.63) is 41.1 Å². The van der Waals surface area contributed by atoms with Crippen molar-refractivity contribution < 1.29 is 4.79 Å². The Hall–Kier alpha value is -2.30. The van der Waals surface area contributed by atoms with Crippen molar-refractivity contribution in [3.8, 4) is 0 Å². The topological polar surface area (TPSA) is 83.8 Å². The van der Waals surface area contributed by atoms with E-state index in [0.29, 0.717) is 17.1 Å². The SMILES string of the molecule is Cc1cn[nH]c1NC(=O)c1c(C)cccc1N. The van der Waals surface area contributed by atoms with Crippen molar-refractivity contribution in [3.63, 3.8) is 0 Å². The monoisotopic (exact) mass is 230 g/mol. The molecule has 5 nitrogen and oxygen atoms in total. The molecule has 0 atom stereocenters. The van der Waals surface area contributed by atoms with Crippen LogP contribution in [0, 0.1) is 13.8 Å². The van der Waals surface area contributed by atoms with Crippen LogP contribution in [0.4, 0.5) is 11.5 Å². The number of benzene rings is 1. The Kier molecular flexibility index (Phi) is 2.82. The number of carbonyl (C=O) groups is 1. The van der Waals surface area contributed by atoms with Gasteiger partial charge < -0.3 is 11.1 Å². The average molecular weight is 230 g/mol. The van der Waals surface area contributed by atoms with Crippen molar-refractivity contribution in [1.29, 1.82) is 0 Å². The van der Waals surface area contributed by atoms with Gasteiger partial charge in [-0.3, -0.25) is 9.89 Å². The smallest absolute Gasteiger partial charge is 0.259 e. The molecule has 17 heavy (non-hydrogen) atoms. The van der Waals surface area contributed by atoms with Gasteiger partial charge in [-0.15, -0.1) is 0 Å². The van der Waals surface area contributed by atoms with E-state index in [1.807, 2.05) is 26.0 Å². The van der Waals surface area contributed by atoms with Crippen LogP contribution in [-0.4, -0.2) is 16.1 Å². The molecule has 88 valence electrons. The summed E-state index contributed by atoms with van der Waals surface area (Å²) in [5, 5.41) is 9.32. The molecule has 4 N–H and O–H groups in total. The lowest BCUT2D eigenvalue weighted by molar-refractivity contribution is 0.102. The molecule has 1 aromatic carbocycles. The number of hydrogen-bond acceptors (Lipinski definition) is 3. The molecule has 2 rings (SSSR count). The molecule has 0 aliphatic heterocycles. The van der Waals surface area contributed by atoms with Crippen LogP contribution in [0.25, 0.3) is 0 Å². The summed E-state index contributed by atoms with van der Waals surface area (Å²) in [6, 6.07) is 5.38. The summed E-state index contributed by atoms with van der Waals surface area (Å²) in [5.41, 5.74) is 8.50. The molecular weight excluding hydrogens is 216 g/mol. The van der Waals surface area contributed by atoms with E-state index in [1.165, 1.54) is 0 Å². The number of nitrogen functional groups attached to an aromatic ring is 1. The van der Waals surface area contributed by atoms with E-state index in [9.17, 15) is 4.79 Å². The van der Waals surface area contributed by atoms with Gasteiger partial charge in [-0.05, 0) is 25.5 Å². The second kappa shape index (κ2) is 4.29. The number of nitrogens with two attached hydrogens (primary N) is 1. The van der Waals surface area contributed by atoms with Crippen LogP contribution in [0.5, 0.6) is 0 Å². The normalized spacial score (nSPS) is 10.2. The Morgan fingerprint density at radius 3 is 2.71 bits per heavy atom. The largest absolute Gasteiger partial charge is 0.398 e. The number of H-pyrrole nitrogens is 1. The molecule has 0 saturated heterocycles. The minimum absolute atomic E-state index is 0.229. The third-order valence-electron chi connectivity index (χ3n) is 2.60. The van der Waals surface area contributed by atoms with Crippen LogP contribution < -0.4 is 11.1 Å². The van der Waals surface area contributed by atoms with Crippen molar-refractivity contribution in [2.75, 3.05) is 11.1 Å². The fraction of sp³-hybridized carbons (Fsp3) is 0.167. The maximum Gasteiger partial charge on any atom is 0.259 e. The number of rotatable bonds is 2. The molecule has 1 heterocycles. The van der Waals surface area contributed by atoms with Gasteiger partial charge in [0.1, 0.15) is 5.82 Å². The third-order valence-corrected chi connectivity index (χ3v) is 2.60. The number of aromatic amines is 1. The fourth-order valence-electron chi connectivity index (χ4n) is 1.65. The van der Waals surface area contributed by atoms with Gasteiger partial charge in [-0.2, -0.15) is 5.10 Å². The number of anilines is 2. The van der Waals surface area contributed by atoms with Gasteiger partial charge >= 0.3 is 0 Å². The first kappa shape index (κ1) is 11.2. The molecule has 0 aliphatic carbocycles. The molecule has 2 aromatic rings. The van der Waals surface area contributed by atoms with Gasteiger partial charge in [0.25, 0.3) is 5.91 Å². The zero-order valence-corrected chi connectivity index (χ0v) is 9.74. The third kappa shape index (κ3) is 2.13. The van der Waals surface area contributed by atoms with Crippen LogP contribution in [0.15, 0.2) is 24.4 Å². The van der Waals surface area contributed by atoms with Crippen LogP contribution in [0.1, 0.15) is 21.5 Å². The van der Waals surface area contributed by atoms with Gasteiger partial charge in [0, 0.05) is 11.3 Å². The summed E-state index contributed by atoms with van der Waals surface area (Å²) in [6.07, 6.45) is 1.65. The Balaban J connectivity index is 2.30. The first-order valence-corrected chi connectivity index (χ1v) is 5.26. The summed E-state index contributed by atoms with van der Waals surface area (Å²) in [5.74, 6) is 0.366. The lowest BCUT2D eigenvalue weighted by Crippen LogP contribution is -2.16. The number of aromatic nitrogens is 2. The molecule has 0 bridgehead atoms. The van der Waals surface area contributed by atoms with Crippen molar-refractivity contribution in [2.45, 2.75) is 13.8 Å². The van der Waals surface area contributed by atoms with Crippen molar-refractivity contribution in [2.24, 2.45) is 0 Å². The number of amides is 1. The summed E-state index contributed by atoms with van der Waals surface area (Å²) < 4.78 is 0. The first-order valence-electron chi connectivity index (χ1n) is 5.26. The average Bonchev–Trinajstić information content (AvgIpc) is 2.64. The maximum atomic E-state index is 12.1. The minimum Gasteiger partial charge on any atom is -0.398 e. The quantitative estimate of drug-likeness (QED) is 0.688. The number of nitrogens with one attached hydrogen (secondary N) is 2. The van der Waals surface area contributed by atoms with E-state index < -0.39 is 0 Å². The van der Waals surface area contributed by atoms with Crippen LogP contribution in [0.2, 0.25) is 0 Å². The number of hydrogen-bond donors (Lipinski definition) is 3. The molecule has 1 aromatic heterocycles. The van der Waals surface area contributed by atoms with Crippen LogP contribution in [0.3, 0.4) is 0 Å². The highest BCUT2D eigenvalue weighted by molar-refractivity contribution is 6.08. The Bertz CT molecular complexity index is 539. The van der Waals surface area contributed by atoms with E-state index in [2.05, 4.69) is 15.5 Å². The Labute approximate surface area is 99.0 Å². The van der Waals surface area contributed by atoms with Gasteiger partial charge in [0.05, 0.1) is 11.8 Å². The minimum atomic E-state index is -0.229. The predicted molar refractivity (Wildman–Crippen MR) is 66.9 cm³/mol. The predicted octanol–water partition coefficient (Wildman–Crippen LogP) is 1.86. The zero-order valence-electron chi connectivity index (χ0n) is 9.74. The van der Waals surface area contributed by atoms with E-state index in [4.69, 9.17) is 5.73 Å².